The van der Waals surface area contributed by atoms with E-state index < -0.39 is 0 Å². The number of hydrogen-bond acceptors (Lipinski definition) is 1. The molecule has 1 fully saturated rings. The lowest BCUT2D eigenvalue weighted by Crippen LogP contribution is -2.31. The molecule has 0 bridgehead atoms. The van der Waals surface area contributed by atoms with Crippen LogP contribution >= 0.6 is 0 Å². The first-order valence-corrected chi connectivity index (χ1v) is 5.67. The van der Waals surface area contributed by atoms with Gasteiger partial charge in [0.05, 0.1) is 0 Å². The first-order chi connectivity index (χ1) is 6.33. The Bertz CT molecular complexity index is 136. The van der Waals surface area contributed by atoms with Crippen LogP contribution in [-0.2, 0) is 0 Å². The van der Waals surface area contributed by atoms with Crippen molar-refractivity contribution in [2.24, 2.45) is 5.92 Å². The zero-order valence-electron chi connectivity index (χ0n) is 8.89. The quantitative estimate of drug-likeness (QED) is 0.643. The van der Waals surface area contributed by atoms with E-state index in [9.17, 15) is 0 Å². The maximum atomic E-state index is 3.76. The van der Waals surface area contributed by atoms with Gasteiger partial charge in [-0.1, -0.05) is 25.3 Å². The Morgan fingerprint density at radius 3 is 2.69 bits per heavy atom. The smallest absolute Gasteiger partial charge is 0.00732 e. The molecule has 0 spiro atoms. The fourth-order valence-corrected chi connectivity index (χ4v) is 2.09. The van der Waals surface area contributed by atoms with Gasteiger partial charge in [-0.25, -0.2) is 0 Å². The van der Waals surface area contributed by atoms with E-state index in [1.165, 1.54) is 38.6 Å². The van der Waals surface area contributed by atoms with Crippen LogP contribution in [0.4, 0.5) is 0 Å². The molecule has 13 heavy (non-hydrogen) atoms. The number of rotatable bonds is 5. The molecule has 1 nitrogen and oxygen atoms in total. The summed E-state index contributed by atoms with van der Waals surface area (Å²) in [6.07, 6.45) is 10.3. The van der Waals surface area contributed by atoms with Crippen molar-refractivity contribution in [2.75, 3.05) is 6.54 Å². The summed E-state index contributed by atoms with van der Waals surface area (Å²) in [6.45, 7) is 7.21. The van der Waals surface area contributed by atoms with Crippen molar-refractivity contribution in [3.05, 3.63) is 12.7 Å². The average molecular weight is 181 g/mol. The Kier molecular flexibility index (Phi) is 5.14. The Balaban J connectivity index is 2.06. The zero-order valence-corrected chi connectivity index (χ0v) is 8.89. The van der Waals surface area contributed by atoms with E-state index in [1.807, 2.05) is 6.08 Å². The Morgan fingerprint density at radius 2 is 2.08 bits per heavy atom. The van der Waals surface area contributed by atoms with Crippen LogP contribution in [0.3, 0.4) is 0 Å². The Labute approximate surface area is 82.6 Å². The Hall–Kier alpha value is -0.300. The molecule has 0 aromatic rings. The SMILES string of the molecule is C=CCC(C)NCC1CCCCC1. The average Bonchev–Trinajstić information content (AvgIpc) is 2.17. The topological polar surface area (TPSA) is 12.0 Å². The van der Waals surface area contributed by atoms with E-state index in [0.717, 1.165) is 12.3 Å². The van der Waals surface area contributed by atoms with Gasteiger partial charge in [-0.2, -0.15) is 0 Å². The summed E-state index contributed by atoms with van der Waals surface area (Å²) in [5, 5.41) is 3.58. The van der Waals surface area contributed by atoms with Crippen LogP contribution in [0.1, 0.15) is 45.4 Å². The van der Waals surface area contributed by atoms with Crippen molar-refractivity contribution in [1.82, 2.24) is 5.32 Å². The summed E-state index contributed by atoms with van der Waals surface area (Å²) in [7, 11) is 0. The molecule has 1 N–H and O–H groups in total. The maximum absolute atomic E-state index is 3.76. The monoisotopic (exact) mass is 181 g/mol. The van der Waals surface area contributed by atoms with Crippen LogP contribution in [0, 0.1) is 5.92 Å². The third kappa shape index (κ3) is 4.47. The molecule has 0 heterocycles. The van der Waals surface area contributed by atoms with Gasteiger partial charge in [0.1, 0.15) is 0 Å². The molecule has 0 aromatic heterocycles. The predicted molar refractivity (Wildman–Crippen MR) is 58.9 cm³/mol. The second-order valence-electron chi connectivity index (χ2n) is 4.34. The first kappa shape index (κ1) is 10.8. The van der Waals surface area contributed by atoms with Crippen LogP contribution < -0.4 is 5.32 Å². The summed E-state index contributed by atoms with van der Waals surface area (Å²) < 4.78 is 0. The van der Waals surface area contributed by atoms with Crippen molar-refractivity contribution in [1.29, 1.82) is 0 Å². The van der Waals surface area contributed by atoms with E-state index in [-0.39, 0.29) is 0 Å². The zero-order chi connectivity index (χ0) is 9.52. The largest absolute Gasteiger partial charge is 0.314 e. The van der Waals surface area contributed by atoms with Gasteiger partial charge in [0.25, 0.3) is 0 Å². The molecule has 0 saturated heterocycles. The molecule has 1 aliphatic carbocycles. The van der Waals surface area contributed by atoms with Gasteiger partial charge in [0, 0.05) is 6.04 Å². The normalized spacial score (nSPS) is 21.3. The highest BCUT2D eigenvalue weighted by Crippen LogP contribution is 2.22. The number of hydrogen-bond donors (Lipinski definition) is 1. The van der Waals surface area contributed by atoms with Crippen LogP contribution in [0.2, 0.25) is 0 Å². The minimum Gasteiger partial charge on any atom is -0.314 e. The highest BCUT2D eigenvalue weighted by Gasteiger charge is 2.13. The lowest BCUT2D eigenvalue weighted by atomic mass is 9.89. The lowest BCUT2D eigenvalue weighted by Gasteiger charge is -2.23. The summed E-state index contributed by atoms with van der Waals surface area (Å²) >= 11 is 0. The molecule has 1 rings (SSSR count). The van der Waals surface area contributed by atoms with E-state index in [0.29, 0.717) is 6.04 Å². The molecule has 1 aliphatic rings. The molecule has 1 atom stereocenters. The van der Waals surface area contributed by atoms with Crippen LogP contribution in [0.15, 0.2) is 12.7 Å². The summed E-state index contributed by atoms with van der Waals surface area (Å²) in [6, 6.07) is 0.611. The van der Waals surface area contributed by atoms with Crippen molar-refractivity contribution in [3.63, 3.8) is 0 Å². The van der Waals surface area contributed by atoms with Gasteiger partial charge in [0.2, 0.25) is 0 Å². The van der Waals surface area contributed by atoms with Gasteiger partial charge < -0.3 is 5.32 Å². The van der Waals surface area contributed by atoms with Gasteiger partial charge in [-0.05, 0) is 38.6 Å². The van der Waals surface area contributed by atoms with Gasteiger partial charge >= 0.3 is 0 Å². The second kappa shape index (κ2) is 6.20. The molecule has 1 unspecified atom stereocenters. The molecule has 76 valence electrons. The lowest BCUT2D eigenvalue weighted by molar-refractivity contribution is 0.330. The first-order valence-electron chi connectivity index (χ1n) is 5.67. The molecular weight excluding hydrogens is 158 g/mol. The standard InChI is InChI=1S/C12H23N/c1-3-7-11(2)13-10-12-8-5-4-6-9-12/h3,11-13H,1,4-10H2,2H3. The molecule has 1 saturated carbocycles. The summed E-state index contributed by atoms with van der Waals surface area (Å²) in [5.41, 5.74) is 0. The van der Waals surface area contributed by atoms with Crippen molar-refractivity contribution >= 4 is 0 Å². The van der Waals surface area contributed by atoms with E-state index >= 15 is 0 Å². The molecular formula is C12H23N. The fourth-order valence-electron chi connectivity index (χ4n) is 2.09. The molecule has 1 heteroatoms. The van der Waals surface area contributed by atoms with E-state index in [4.69, 9.17) is 0 Å². The third-order valence-corrected chi connectivity index (χ3v) is 3.00. The Morgan fingerprint density at radius 1 is 1.38 bits per heavy atom. The summed E-state index contributed by atoms with van der Waals surface area (Å²) in [5.74, 6) is 0.945. The fraction of sp³-hybridized carbons (Fsp3) is 0.833. The van der Waals surface area contributed by atoms with Gasteiger partial charge in [-0.15, -0.1) is 6.58 Å². The molecule has 0 radical (unpaired) electrons. The molecule has 0 aromatic carbocycles. The third-order valence-electron chi connectivity index (χ3n) is 3.00. The van der Waals surface area contributed by atoms with Gasteiger partial charge in [-0.3, -0.25) is 0 Å². The second-order valence-corrected chi connectivity index (χ2v) is 4.34. The van der Waals surface area contributed by atoms with Crippen molar-refractivity contribution in [3.8, 4) is 0 Å². The minimum atomic E-state index is 0.611. The van der Waals surface area contributed by atoms with Crippen molar-refractivity contribution in [2.45, 2.75) is 51.5 Å². The molecule has 0 aliphatic heterocycles. The van der Waals surface area contributed by atoms with Crippen LogP contribution in [0.25, 0.3) is 0 Å². The van der Waals surface area contributed by atoms with Crippen LogP contribution in [-0.4, -0.2) is 12.6 Å². The highest BCUT2D eigenvalue weighted by atomic mass is 14.9. The predicted octanol–water partition coefficient (Wildman–Crippen LogP) is 3.12. The molecule has 0 amide bonds. The highest BCUT2D eigenvalue weighted by molar-refractivity contribution is 4.76. The minimum absolute atomic E-state index is 0.611. The van der Waals surface area contributed by atoms with E-state index in [1.54, 1.807) is 0 Å². The van der Waals surface area contributed by atoms with Gasteiger partial charge in [0.15, 0.2) is 0 Å². The summed E-state index contributed by atoms with van der Waals surface area (Å²) in [4.78, 5) is 0. The van der Waals surface area contributed by atoms with Crippen LogP contribution in [0.5, 0.6) is 0 Å². The van der Waals surface area contributed by atoms with E-state index in [2.05, 4.69) is 18.8 Å². The maximum Gasteiger partial charge on any atom is 0.00732 e. The number of nitrogens with one attached hydrogen (secondary N) is 1. The van der Waals surface area contributed by atoms with Crippen molar-refractivity contribution < 1.29 is 0 Å².